The number of hydrogen-bond donors (Lipinski definition) is 2. The Hall–Kier alpha value is -2.98. The average molecular weight is 662 g/mol. The molecular formula is C35H53ClFN5O4. The molecule has 0 aromatic heterocycles. The SMILES string of the molecule is C/C(=C\[C@H](C(C)C)N(C)C(=O)C(NC(=O)C1CCCCN1C(C)C)C(C)(C)C)C(=O)N1CCC[C@H]1C(=O)Nc1ccc(F)c(Cl)c1. The Morgan fingerprint density at radius 1 is 1.00 bits per heavy atom. The second-order valence-corrected chi connectivity index (χ2v) is 14.9. The van der Waals surface area contributed by atoms with E-state index in [9.17, 15) is 23.6 Å². The van der Waals surface area contributed by atoms with Gasteiger partial charge in [-0.1, -0.05) is 58.7 Å². The Labute approximate surface area is 279 Å². The molecule has 4 atom stereocenters. The molecule has 2 fully saturated rings. The van der Waals surface area contributed by atoms with Gasteiger partial charge >= 0.3 is 0 Å². The molecule has 2 heterocycles. The van der Waals surface area contributed by atoms with E-state index < -0.39 is 29.4 Å². The molecule has 1 aromatic rings. The van der Waals surface area contributed by atoms with Crippen molar-refractivity contribution in [1.29, 1.82) is 0 Å². The molecule has 3 rings (SSSR count). The van der Waals surface area contributed by atoms with Crippen molar-refractivity contribution in [3.05, 3.63) is 40.7 Å². The number of anilines is 1. The summed E-state index contributed by atoms with van der Waals surface area (Å²) in [5, 5.41) is 5.76. The van der Waals surface area contributed by atoms with Crippen molar-refractivity contribution in [3.63, 3.8) is 0 Å². The highest BCUT2D eigenvalue weighted by atomic mass is 35.5. The summed E-state index contributed by atoms with van der Waals surface area (Å²) >= 11 is 5.87. The van der Waals surface area contributed by atoms with E-state index in [4.69, 9.17) is 11.6 Å². The number of benzene rings is 1. The van der Waals surface area contributed by atoms with Crippen LogP contribution in [0, 0.1) is 17.2 Å². The van der Waals surface area contributed by atoms with E-state index in [1.54, 1.807) is 29.8 Å². The van der Waals surface area contributed by atoms with Crippen LogP contribution in [0.3, 0.4) is 0 Å². The highest BCUT2D eigenvalue weighted by molar-refractivity contribution is 6.31. The molecule has 256 valence electrons. The van der Waals surface area contributed by atoms with E-state index in [-0.39, 0.29) is 46.7 Å². The molecule has 2 N–H and O–H groups in total. The van der Waals surface area contributed by atoms with Gasteiger partial charge in [-0.2, -0.15) is 0 Å². The largest absolute Gasteiger partial charge is 0.342 e. The number of nitrogens with one attached hydrogen (secondary N) is 2. The van der Waals surface area contributed by atoms with Gasteiger partial charge in [-0.15, -0.1) is 0 Å². The van der Waals surface area contributed by atoms with Gasteiger partial charge < -0.3 is 20.4 Å². The monoisotopic (exact) mass is 661 g/mol. The van der Waals surface area contributed by atoms with Gasteiger partial charge in [-0.05, 0) is 82.5 Å². The zero-order valence-electron chi connectivity index (χ0n) is 29.0. The predicted molar refractivity (Wildman–Crippen MR) is 181 cm³/mol. The lowest BCUT2D eigenvalue weighted by Crippen LogP contribution is -2.60. The summed E-state index contributed by atoms with van der Waals surface area (Å²) in [6.07, 6.45) is 5.74. The van der Waals surface area contributed by atoms with Crippen LogP contribution >= 0.6 is 11.6 Å². The molecule has 2 aliphatic heterocycles. The molecule has 2 saturated heterocycles. The number of nitrogens with zero attached hydrogens (tertiary/aromatic N) is 3. The maximum Gasteiger partial charge on any atom is 0.249 e. The minimum atomic E-state index is -0.766. The van der Waals surface area contributed by atoms with Crippen LogP contribution in [0.2, 0.25) is 5.02 Å². The van der Waals surface area contributed by atoms with Crippen molar-refractivity contribution in [2.75, 3.05) is 25.5 Å². The standard InChI is InChI=1S/C35H53ClFN5O4/c1-21(2)29(40(9)34(46)30(35(6,7)8)39-32(44)27-13-10-11-17-41(27)22(3)4)19-23(5)33(45)42-18-12-14-28(42)31(43)38-24-15-16-26(37)25(36)20-24/h15-16,19-22,27-30H,10-14,17-18H2,1-9H3,(H,38,43)(H,39,44)/b23-19+/t27?,28-,29+,30?/m0/s1. The van der Waals surface area contributed by atoms with Crippen molar-refractivity contribution in [3.8, 4) is 0 Å². The summed E-state index contributed by atoms with van der Waals surface area (Å²) in [7, 11) is 1.72. The van der Waals surface area contributed by atoms with Gasteiger partial charge in [0.1, 0.15) is 17.9 Å². The van der Waals surface area contributed by atoms with Crippen LogP contribution < -0.4 is 10.6 Å². The fourth-order valence-electron chi connectivity index (χ4n) is 6.48. The topological polar surface area (TPSA) is 102 Å². The maximum absolute atomic E-state index is 14.1. The lowest BCUT2D eigenvalue weighted by Gasteiger charge is -2.41. The molecule has 0 bridgehead atoms. The van der Waals surface area contributed by atoms with Gasteiger partial charge in [-0.3, -0.25) is 24.1 Å². The van der Waals surface area contributed by atoms with Crippen molar-refractivity contribution in [2.24, 2.45) is 11.3 Å². The number of hydrogen-bond acceptors (Lipinski definition) is 5. The maximum atomic E-state index is 14.1. The Bertz CT molecular complexity index is 1310. The smallest absolute Gasteiger partial charge is 0.249 e. The summed E-state index contributed by atoms with van der Waals surface area (Å²) in [5.41, 5.74) is 0.220. The van der Waals surface area contributed by atoms with Gasteiger partial charge in [0.05, 0.1) is 17.1 Å². The Kier molecular flexibility index (Phi) is 12.8. The number of likely N-dealkylation sites (tertiary alicyclic amines) is 2. The molecule has 0 aliphatic carbocycles. The minimum Gasteiger partial charge on any atom is -0.342 e. The van der Waals surface area contributed by atoms with E-state index in [1.807, 2.05) is 34.6 Å². The third-order valence-corrected chi connectivity index (χ3v) is 9.44. The molecule has 2 aliphatic rings. The first-order valence-corrected chi connectivity index (χ1v) is 16.9. The van der Waals surface area contributed by atoms with Crippen molar-refractivity contribution >= 4 is 40.9 Å². The first-order chi connectivity index (χ1) is 21.4. The lowest BCUT2D eigenvalue weighted by molar-refractivity contribution is -0.142. The minimum absolute atomic E-state index is 0.0382. The van der Waals surface area contributed by atoms with Crippen molar-refractivity contribution in [1.82, 2.24) is 20.0 Å². The van der Waals surface area contributed by atoms with E-state index in [1.165, 1.54) is 18.2 Å². The molecular weight excluding hydrogens is 609 g/mol. The quantitative estimate of drug-likeness (QED) is 0.317. The van der Waals surface area contributed by atoms with Crippen LogP contribution in [0.15, 0.2) is 29.8 Å². The van der Waals surface area contributed by atoms with Gasteiger partial charge in [0.2, 0.25) is 23.6 Å². The van der Waals surface area contributed by atoms with Gasteiger partial charge in [0, 0.05) is 30.9 Å². The number of amides is 4. The number of likely N-dealkylation sites (N-methyl/N-ethyl adjacent to an activating group) is 1. The average Bonchev–Trinajstić information content (AvgIpc) is 3.48. The van der Waals surface area contributed by atoms with Crippen LogP contribution in [0.5, 0.6) is 0 Å². The number of piperidine rings is 1. The van der Waals surface area contributed by atoms with Crippen LogP contribution in [0.25, 0.3) is 0 Å². The molecule has 0 saturated carbocycles. The Balaban J connectivity index is 1.78. The second-order valence-electron chi connectivity index (χ2n) is 14.5. The molecule has 0 spiro atoms. The fraction of sp³-hybridized carbons (Fsp3) is 0.657. The lowest BCUT2D eigenvalue weighted by atomic mass is 9.84. The number of halogens is 2. The third-order valence-electron chi connectivity index (χ3n) is 9.15. The van der Waals surface area contributed by atoms with Crippen molar-refractivity contribution < 1.29 is 23.6 Å². The van der Waals surface area contributed by atoms with E-state index >= 15 is 0 Å². The van der Waals surface area contributed by atoms with E-state index in [0.29, 0.717) is 30.6 Å². The van der Waals surface area contributed by atoms with Crippen LogP contribution in [0.4, 0.5) is 10.1 Å². The third kappa shape index (κ3) is 9.09. The summed E-state index contributed by atoms with van der Waals surface area (Å²) in [6.45, 7) is 17.0. The van der Waals surface area contributed by atoms with E-state index in [0.717, 1.165) is 25.8 Å². The van der Waals surface area contributed by atoms with Gasteiger partial charge in [0.25, 0.3) is 0 Å². The number of carbonyl (C=O) groups excluding carboxylic acids is 4. The second kappa shape index (κ2) is 15.7. The summed E-state index contributed by atoms with van der Waals surface area (Å²) in [4.78, 5) is 60.0. The first kappa shape index (κ1) is 37.5. The fourth-order valence-corrected chi connectivity index (χ4v) is 6.66. The van der Waals surface area contributed by atoms with Crippen molar-refractivity contribution in [2.45, 2.75) is 118 Å². The Morgan fingerprint density at radius 2 is 1.65 bits per heavy atom. The number of rotatable bonds is 10. The van der Waals surface area contributed by atoms with Crippen LogP contribution in [0.1, 0.15) is 87.5 Å². The molecule has 1 aromatic carbocycles. The summed E-state index contributed by atoms with van der Waals surface area (Å²) < 4.78 is 13.6. The summed E-state index contributed by atoms with van der Waals surface area (Å²) in [6, 6.07) is 2.00. The predicted octanol–water partition coefficient (Wildman–Crippen LogP) is 5.63. The zero-order valence-corrected chi connectivity index (χ0v) is 29.7. The van der Waals surface area contributed by atoms with E-state index in [2.05, 4.69) is 29.4 Å². The molecule has 11 heteroatoms. The number of carbonyl (C=O) groups is 4. The zero-order chi connectivity index (χ0) is 34.5. The molecule has 46 heavy (non-hydrogen) atoms. The van der Waals surface area contributed by atoms with Gasteiger partial charge in [0.15, 0.2) is 0 Å². The molecule has 2 unspecified atom stereocenters. The molecule has 0 radical (unpaired) electrons. The molecule has 4 amide bonds. The summed E-state index contributed by atoms with van der Waals surface area (Å²) in [5.74, 6) is -1.62. The normalized spacial score (nSPS) is 20.9. The van der Waals surface area contributed by atoms with Crippen LogP contribution in [-0.4, -0.2) is 88.7 Å². The highest BCUT2D eigenvalue weighted by Crippen LogP contribution is 2.27. The Morgan fingerprint density at radius 3 is 2.24 bits per heavy atom. The highest BCUT2D eigenvalue weighted by Gasteiger charge is 2.40. The first-order valence-electron chi connectivity index (χ1n) is 16.5. The molecule has 9 nitrogen and oxygen atoms in total. The van der Waals surface area contributed by atoms with Crippen LogP contribution in [-0.2, 0) is 19.2 Å². The van der Waals surface area contributed by atoms with Gasteiger partial charge in [-0.25, -0.2) is 4.39 Å².